The number of hydrazine groups is 1. The molecule has 0 saturated heterocycles. The van der Waals surface area contributed by atoms with Crippen LogP contribution in [-0.2, 0) is 4.79 Å². The Morgan fingerprint density at radius 2 is 2.00 bits per heavy atom. The average molecular weight is 386 g/mol. The molecule has 2 aromatic rings. The summed E-state index contributed by atoms with van der Waals surface area (Å²) in [6.45, 7) is 0. The molecule has 1 aromatic carbocycles. The summed E-state index contributed by atoms with van der Waals surface area (Å²) in [7, 11) is 0. The van der Waals surface area contributed by atoms with Gasteiger partial charge in [0, 0.05) is 11.1 Å². The van der Waals surface area contributed by atoms with Crippen LogP contribution in [0.4, 0.5) is 0 Å². The van der Waals surface area contributed by atoms with Gasteiger partial charge in [0.15, 0.2) is 0 Å². The van der Waals surface area contributed by atoms with E-state index < -0.39 is 5.91 Å². The summed E-state index contributed by atoms with van der Waals surface area (Å²) >= 11 is 10.4. The number of rotatable bonds is 3. The van der Waals surface area contributed by atoms with E-state index in [9.17, 15) is 9.59 Å². The minimum absolute atomic E-state index is 0.366. The van der Waals surface area contributed by atoms with Gasteiger partial charge in [-0.3, -0.25) is 20.4 Å². The van der Waals surface area contributed by atoms with E-state index in [1.165, 1.54) is 17.4 Å². The van der Waals surface area contributed by atoms with Gasteiger partial charge in [0.25, 0.3) is 11.8 Å². The fraction of sp³-hybridized carbons (Fsp3) is 0. The third-order valence-corrected chi connectivity index (χ3v) is 4.23. The second-order valence-corrected chi connectivity index (χ2v) is 6.83. The lowest BCUT2D eigenvalue weighted by atomic mass is 10.2. The molecule has 0 unspecified atom stereocenters. The minimum Gasteiger partial charge on any atom is -0.268 e. The van der Waals surface area contributed by atoms with Crippen molar-refractivity contribution in [2.75, 3.05) is 0 Å². The van der Waals surface area contributed by atoms with Crippen LogP contribution >= 0.6 is 38.9 Å². The van der Waals surface area contributed by atoms with E-state index in [1.54, 1.807) is 36.4 Å². The van der Waals surface area contributed by atoms with Gasteiger partial charge >= 0.3 is 0 Å². The summed E-state index contributed by atoms with van der Waals surface area (Å²) in [6.07, 6.45) is 2.92. The number of amides is 2. The smallest absolute Gasteiger partial charge is 0.268 e. The van der Waals surface area contributed by atoms with E-state index in [4.69, 9.17) is 11.6 Å². The Labute approximate surface area is 138 Å². The number of nitrogens with one attached hydrogen (secondary N) is 2. The summed E-state index contributed by atoms with van der Waals surface area (Å²) in [5, 5.41) is 0.592. The third kappa shape index (κ3) is 5.00. The number of thiophene rings is 1. The molecule has 0 aliphatic carbocycles. The lowest BCUT2D eigenvalue weighted by molar-refractivity contribution is -0.117. The van der Waals surface area contributed by atoms with Gasteiger partial charge in [-0.15, -0.1) is 11.3 Å². The van der Waals surface area contributed by atoms with Crippen molar-refractivity contribution in [3.8, 4) is 0 Å². The summed E-state index contributed by atoms with van der Waals surface area (Å²) in [4.78, 5) is 23.8. The van der Waals surface area contributed by atoms with Crippen LogP contribution in [0.5, 0.6) is 0 Å². The van der Waals surface area contributed by atoms with Gasteiger partial charge in [0.05, 0.1) is 8.66 Å². The van der Waals surface area contributed by atoms with Crippen molar-refractivity contribution in [1.29, 1.82) is 0 Å². The second kappa shape index (κ2) is 7.40. The number of carbonyl (C=O) groups is 2. The number of hydrogen-bond donors (Lipinski definition) is 2. The molecule has 0 aliphatic rings. The highest BCUT2D eigenvalue weighted by atomic mass is 79.9. The predicted octanol–water partition coefficient (Wildman–Crippen LogP) is 3.64. The zero-order valence-corrected chi connectivity index (χ0v) is 13.8. The summed E-state index contributed by atoms with van der Waals surface area (Å²) in [6, 6.07) is 10.5. The normalized spacial score (nSPS) is 10.6. The highest BCUT2D eigenvalue weighted by Crippen LogP contribution is 2.21. The van der Waals surface area contributed by atoms with Crippen LogP contribution in [0, 0.1) is 0 Å². The van der Waals surface area contributed by atoms with E-state index in [2.05, 4.69) is 26.8 Å². The van der Waals surface area contributed by atoms with Crippen molar-refractivity contribution in [3.63, 3.8) is 0 Å². The highest BCUT2D eigenvalue weighted by molar-refractivity contribution is 9.11. The maximum Gasteiger partial charge on any atom is 0.279 e. The monoisotopic (exact) mass is 384 g/mol. The lowest BCUT2D eigenvalue weighted by Gasteiger charge is -2.03. The van der Waals surface area contributed by atoms with Crippen molar-refractivity contribution < 1.29 is 9.59 Å². The van der Waals surface area contributed by atoms with Crippen LogP contribution in [0.3, 0.4) is 0 Å². The number of benzene rings is 1. The molecule has 0 bridgehead atoms. The molecule has 1 aromatic heterocycles. The molecule has 108 valence electrons. The molecule has 1 heterocycles. The van der Waals surface area contributed by atoms with E-state index in [1.807, 2.05) is 6.07 Å². The Bertz CT molecular complexity index is 700. The van der Waals surface area contributed by atoms with E-state index in [-0.39, 0.29) is 5.91 Å². The molecular formula is C14H10BrClN2O2S. The van der Waals surface area contributed by atoms with Crippen molar-refractivity contribution in [2.45, 2.75) is 0 Å². The Balaban J connectivity index is 1.86. The maximum atomic E-state index is 11.7. The van der Waals surface area contributed by atoms with Gasteiger partial charge in [-0.05, 0) is 51.8 Å². The van der Waals surface area contributed by atoms with E-state index in [0.29, 0.717) is 9.90 Å². The van der Waals surface area contributed by atoms with Gasteiger partial charge in [-0.1, -0.05) is 23.7 Å². The van der Waals surface area contributed by atoms with Gasteiger partial charge in [-0.25, -0.2) is 0 Å². The van der Waals surface area contributed by atoms with Crippen LogP contribution in [0.25, 0.3) is 6.08 Å². The Hall–Kier alpha value is -1.63. The molecule has 0 radical (unpaired) electrons. The largest absolute Gasteiger partial charge is 0.279 e. The fourth-order valence-corrected chi connectivity index (χ4v) is 2.92. The molecule has 4 nitrogen and oxygen atoms in total. The average Bonchev–Trinajstić information content (AvgIpc) is 2.89. The molecular weight excluding hydrogens is 376 g/mol. The first kappa shape index (κ1) is 15.8. The first-order valence-electron chi connectivity index (χ1n) is 5.84. The molecule has 7 heteroatoms. The SMILES string of the molecule is O=C(/C=C/c1cccc(Cl)c1)NNC(=O)c1ccc(Br)s1. The van der Waals surface area contributed by atoms with E-state index >= 15 is 0 Å². The quantitative estimate of drug-likeness (QED) is 0.626. The predicted molar refractivity (Wildman–Crippen MR) is 88.1 cm³/mol. The fourth-order valence-electron chi connectivity index (χ4n) is 1.44. The molecule has 2 rings (SSSR count). The zero-order valence-electron chi connectivity index (χ0n) is 10.6. The Morgan fingerprint density at radius 3 is 2.67 bits per heavy atom. The minimum atomic E-state index is -0.432. The number of hydrogen-bond acceptors (Lipinski definition) is 3. The van der Waals surface area contributed by atoms with Crippen LogP contribution in [-0.4, -0.2) is 11.8 Å². The molecule has 0 saturated carbocycles. The first-order valence-corrected chi connectivity index (χ1v) is 7.82. The van der Waals surface area contributed by atoms with Gasteiger partial charge in [0.2, 0.25) is 0 Å². The lowest BCUT2D eigenvalue weighted by Crippen LogP contribution is -2.40. The zero-order chi connectivity index (χ0) is 15.2. The molecule has 21 heavy (non-hydrogen) atoms. The van der Waals surface area contributed by atoms with Gasteiger partial charge in [0.1, 0.15) is 0 Å². The van der Waals surface area contributed by atoms with Gasteiger partial charge < -0.3 is 0 Å². The molecule has 0 aliphatic heterocycles. The Morgan fingerprint density at radius 1 is 1.19 bits per heavy atom. The second-order valence-electron chi connectivity index (χ2n) is 3.94. The molecule has 0 fully saturated rings. The summed E-state index contributed by atoms with van der Waals surface area (Å²) < 4.78 is 0.847. The number of carbonyl (C=O) groups excluding carboxylic acids is 2. The van der Waals surface area contributed by atoms with Crippen molar-refractivity contribution >= 4 is 56.8 Å². The van der Waals surface area contributed by atoms with Crippen LogP contribution < -0.4 is 10.9 Å². The van der Waals surface area contributed by atoms with Gasteiger partial charge in [-0.2, -0.15) is 0 Å². The Kier molecular flexibility index (Phi) is 5.55. The van der Waals surface area contributed by atoms with Crippen molar-refractivity contribution in [2.24, 2.45) is 0 Å². The van der Waals surface area contributed by atoms with Crippen LogP contribution in [0.1, 0.15) is 15.2 Å². The van der Waals surface area contributed by atoms with Crippen molar-refractivity contribution in [3.05, 3.63) is 61.7 Å². The molecule has 0 spiro atoms. The van der Waals surface area contributed by atoms with Crippen LogP contribution in [0.15, 0.2) is 46.3 Å². The molecule has 0 atom stereocenters. The number of halogens is 2. The summed E-state index contributed by atoms with van der Waals surface area (Å²) in [5.74, 6) is -0.797. The molecule has 2 amide bonds. The highest BCUT2D eigenvalue weighted by Gasteiger charge is 2.08. The van der Waals surface area contributed by atoms with Crippen LogP contribution in [0.2, 0.25) is 5.02 Å². The van der Waals surface area contributed by atoms with Crippen molar-refractivity contribution in [1.82, 2.24) is 10.9 Å². The molecule has 2 N–H and O–H groups in total. The topological polar surface area (TPSA) is 58.2 Å². The standard InChI is InChI=1S/C14H10BrClN2O2S/c15-12-6-5-11(21-12)14(20)18-17-13(19)7-4-9-2-1-3-10(16)8-9/h1-8H,(H,17,19)(H,18,20)/b7-4+. The summed E-state index contributed by atoms with van der Waals surface area (Å²) in [5.41, 5.74) is 5.44. The first-order chi connectivity index (χ1) is 10.0. The van der Waals surface area contributed by atoms with E-state index in [0.717, 1.165) is 9.35 Å². The maximum absolute atomic E-state index is 11.7. The third-order valence-electron chi connectivity index (χ3n) is 2.37.